The van der Waals surface area contributed by atoms with Crippen LogP contribution in [0.2, 0.25) is 5.02 Å². The van der Waals surface area contributed by atoms with Crippen LogP contribution in [0.4, 0.5) is 5.82 Å². The molecular weight excluding hydrogens is 440 g/mol. The normalized spacial score (nSPS) is 12.4. The minimum absolute atomic E-state index is 0.121. The van der Waals surface area contributed by atoms with Crippen molar-refractivity contribution in [2.75, 3.05) is 12.3 Å². The smallest absolute Gasteiger partial charge is 0.332 e. The molecule has 0 saturated carbocycles. The second kappa shape index (κ2) is 8.81. The molecule has 1 atom stereocenters. The number of halogens is 1. The molecular formula is C17H19ClN4O7S. The molecule has 0 aliphatic carbocycles. The number of benzene rings is 1. The monoisotopic (exact) mass is 458 g/mol. The molecule has 1 aromatic carbocycles. The number of nitrogens with zero attached hydrogens (tertiary/aromatic N) is 2. The molecule has 13 heteroatoms. The number of ether oxygens (including phenoxy) is 1. The number of nitrogen functional groups attached to an aromatic ring is 1. The summed E-state index contributed by atoms with van der Waals surface area (Å²) >= 11 is 5.72. The fourth-order valence-electron chi connectivity index (χ4n) is 2.42. The first-order chi connectivity index (χ1) is 13.9. The first-order valence-corrected chi connectivity index (χ1v) is 10.3. The highest BCUT2D eigenvalue weighted by molar-refractivity contribution is 7.89. The molecule has 0 spiro atoms. The summed E-state index contributed by atoms with van der Waals surface area (Å²) in [6.07, 6.45) is 0. The van der Waals surface area contributed by atoms with Crippen LogP contribution in [0.15, 0.2) is 38.8 Å². The SMILES string of the molecule is C[C@H](NS(=O)(=O)c1ccc(Cl)cc1)C(=O)OCC(=O)c1c(N)n(C)c(=O)n(C)c1=O. The number of aromatic nitrogens is 2. The minimum Gasteiger partial charge on any atom is -0.456 e. The summed E-state index contributed by atoms with van der Waals surface area (Å²) in [7, 11) is -1.61. The Bertz CT molecular complexity index is 1220. The van der Waals surface area contributed by atoms with Gasteiger partial charge in [0.25, 0.3) is 5.56 Å². The van der Waals surface area contributed by atoms with E-state index in [0.717, 1.165) is 4.57 Å². The number of nitrogens with one attached hydrogen (secondary N) is 1. The third-order valence-electron chi connectivity index (χ3n) is 4.14. The predicted molar refractivity (Wildman–Crippen MR) is 108 cm³/mol. The van der Waals surface area contributed by atoms with Gasteiger partial charge in [0.15, 0.2) is 6.61 Å². The van der Waals surface area contributed by atoms with E-state index in [1.807, 2.05) is 0 Å². The lowest BCUT2D eigenvalue weighted by atomic mass is 10.2. The zero-order chi connectivity index (χ0) is 22.8. The van der Waals surface area contributed by atoms with Crippen LogP contribution < -0.4 is 21.7 Å². The molecule has 0 aliphatic rings. The molecule has 2 aromatic rings. The minimum atomic E-state index is -4.05. The standard InChI is InChI=1S/C17H19ClN4O7S/c1-9(20-30(27,28)11-6-4-10(18)5-7-11)16(25)29-8-12(23)13-14(19)21(2)17(26)22(3)15(13)24/h4-7,9,20H,8,19H2,1-3H3/t9-/m0/s1. The maximum atomic E-state index is 12.3. The van der Waals surface area contributed by atoms with Gasteiger partial charge in [-0.15, -0.1) is 0 Å². The Morgan fingerprint density at radius 2 is 1.73 bits per heavy atom. The lowest BCUT2D eigenvalue weighted by Crippen LogP contribution is -2.43. The van der Waals surface area contributed by atoms with E-state index in [-0.39, 0.29) is 10.7 Å². The molecule has 11 nitrogen and oxygen atoms in total. The Kier molecular flexibility index (Phi) is 6.85. The van der Waals surface area contributed by atoms with Gasteiger partial charge in [-0.1, -0.05) is 11.6 Å². The van der Waals surface area contributed by atoms with Crippen molar-refractivity contribution in [3.8, 4) is 0 Å². The topological polar surface area (TPSA) is 160 Å². The van der Waals surface area contributed by atoms with Gasteiger partial charge in [0, 0.05) is 19.1 Å². The number of carbonyl (C=O) groups is 2. The molecule has 0 aliphatic heterocycles. The summed E-state index contributed by atoms with van der Waals surface area (Å²) < 4.78 is 33.1. The fraction of sp³-hybridized carbons (Fsp3) is 0.294. The number of Topliss-reactive ketones (excluding diaryl/α,β-unsaturated/α-hetero) is 1. The van der Waals surface area contributed by atoms with E-state index in [1.54, 1.807) is 0 Å². The van der Waals surface area contributed by atoms with Gasteiger partial charge >= 0.3 is 11.7 Å². The molecule has 2 rings (SSSR count). The first kappa shape index (κ1) is 23.3. The van der Waals surface area contributed by atoms with Crippen LogP contribution in [0.25, 0.3) is 0 Å². The van der Waals surface area contributed by atoms with E-state index in [0.29, 0.717) is 9.59 Å². The molecule has 1 heterocycles. The molecule has 0 fully saturated rings. The van der Waals surface area contributed by atoms with Crippen LogP contribution in [-0.4, -0.2) is 42.0 Å². The summed E-state index contributed by atoms with van der Waals surface area (Å²) in [6.45, 7) is 0.351. The average molecular weight is 459 g/mol. The predicted octanol–water partition coefficient (Wildman–Crippen LogP) is -0.587. The first-order valence-electron chi connectivity index (χ1n) is 8.40. The van der Waals surface area contributed by atoms with Crippen molar-refractivity contribution in [1.29, 1.82) is 0 Å². The molecule has 0 unspecified atom stereocenters. The molecule has 1 aromatic heterocycles. The largest absolute Gasteiger partial charge is 0.456 e. The number of ketones is 1. The third kappa shape index (κ3) is 4.78. The second-order valence-electron chi connectivity index (χ2n) is 6.29. The van der Waals surface area contributed by atoms with E-state index >= 15 is 0 Å². The number of rotatable bonds is 7. The molecule has 30 heavy (non-hydrogen) atoms. The average Bonchev–Trinajstić information content (AvgIpc) is 2.69. The number of carbonyl (C=O) groups excluding carboxylic acids is 2. The fourth-order valence-corrected chi connectivity index (χ4v) is 3.74. The van der Waals surface area contributed by atoms with Crippen molar-refractivity contribution in [2.24, 2.45) is 14.1 Å². The van der Waals surface area contributed by atoms with Gasteiger partial charge in [0.2, 0.25) is 15.8 Å². The van der Waals surface area contributed by atoms with Gasteiger partial charge in [-0.2, -0.15) is 4.72 Å². The van der Waals surface area contributed by atoms with Gasteiger partial charge in [-0.3, -0.25) is 23.5 Å². The quantitative estimate of drug-likeness (QED) is 0.411. The highest BCUT2D eigenvalue weighted by atomic mass is 35.5. The highest BCUT2D eigenvalue weighted by Gasteiger charge is 2.26. The van der Waals surface area contributed by atoms with Gasteiger partial charge in [0.1, 0.15) is 17.4 Å². The van der Waals surface area contributed by atoms with E-state index in [4.69, 9.17) is 22.1 Å². The Balaban J connectivity index is 2.10. The van der Waals surface area contributed by atoms with Crippen molar-refractivity contribution in [1.82, 2.24) is 13.9 Å². The summed E-state index contributed by atoms with van der Waals surface area (Å²) in [5.41, 5.74) is 3.49. The van der Waals surface area contributed by atoms with Crippen LogP contribution in [0.1, 0.15) is 17.3 Å². The van der Waals surface area contributed by atoms with E-state index in [2.05, 4.69) is 4.72 Å². The van der Waals surface area contributed by atoms with E-state index in [9.17, 15) is 27.6 Å². The molecule has 162 valence electrons. The number of anilines is 1. The van der Waals surface area contributed by atoms with Crippen LogP contribution in [0.5, 0.6) is 0 Å². The van der Waals surface area contributed by atoms with Gasteiger partial charge in [-0.25, -0.2) is 13.2 Å². The molecule has 0 bridgehead atoms. The van der Waals surface area contributed by atoms with Crippen LogP contribution in [0.3, 0.4) is 0 Å². The number of hydrogen-bond donors (Lipinski definition) is 2. The van der Waals surface area contributed by atoms with E-state index in [1.165, 1.54) is 45.3 Å². The molecule has 0 amide bonds. The van der Waals surface area contributed by atoms with Crippen LogP contribution >= 0.6 is 11.6 Å². The summed E-state index contributed by atoms with van der Waals surface area (Å²) in [6, 6.07) is 3.92. The van der Waals surface area contributed by atoms with Gasteiger partial charge in [0.05, 0.1) is 4.90 Å². The maximum absolute atomic E-state index is 12.3. The lowest BCUT2D eigenvalue weighted by Gasteiger charge is -2.14. The highest BCUT2D eigenvalue weighted by Crippen LogP contribution is 2.14. The Morgan fingerprint density at radius 3 is 2.30 bits per heavy atom. The second-order valence-corrected chi connectivity index (χ2v) is 8.44. The van der Waals surface area contributed by atoms with E-state index < -0.39 is 51.2 Å². The molecule has 3 N–H and O–H groups in total. The summed E-state index contributed by atoms with van der Waals surface area (Å²) in [5.74, 6) is -2.37. The van der Waals surface area contributed by atoms with Gasteiger partial charge < -0.3 is 10.5 Å². The zero-order valence-electron chi connectivity index (χ0n) is 16.2. The number of nitrogens with two attached hydrogens (primary N) is 1. The van der Waals surface area contributed by atoms with Crippen molar-refractivity contribution >= 4 is 39.2 Å². The molecule has 0 radical (unpaired) electrons. The number of sulfonamides is 1. The Hall–Kier alpha value is -2.96. The van der Waals surface area contributed by atoms with Crippen molar-refractivity contribution in [3.63, 3.8) is 0 Å². The van der Waals surface area contributed by atoms with Crippen LogP contribution in [0, 0.1) is 0 Å². The van der Waals surface area contributed by atoms with Crippen LogP contribution in [-0.2, 0) is 33.7 Å². The van der Waals surface area contributed by atoms with Crippen molar-refractivity contribution in [3.05, 3.63) is 55.7 Å². The summed E-state index contributed by atoms with van der Waals surface area (Å²) in [5, 5.41) is 0.337. The third-order valence-corrected chi connectivity index (χ3v) is 5.95. The zero-order valence-corrected chi connectivity index (χ0v) is 17.8. The number of hydrogen-bond acceptors (Lipinski definition) is 8. The molecule has 0 saturated heterocycles. The van der Waals surface area contributed by atoms with Crippen molar-refractivity contribution < 1.29 is 22.7 Å². The van der Waals surface area contributed by atoms with Crippen molar-refractivity contribution in [2.45, 2.75) is 17.9 Å². The maximum Gasteiger partial charge on any atom is 0.332 e. The Morgan fingerprint density at radius 1 is 1.17 bits per heavy atom. The summed E-state index contributed by atoms with van der Waals surface area (Å²) in [4.78, 5) is 48.3. The lowest BCUT2D eigenvalue weighted by molar-refractivity contribution is -0.144. The number of esters is 1. The Labute approximate surface area is 176 Å². The van der Waals surface area contributed by atoms with Gasteiger partial charge in [-0.05, 0) is 31.2 Å².